The monoisotopic (exact) mass is 527 g/mol. The Morgan fingerprint density at radius 3 is 1.24 bits per heavy atom. The number of Topliss-reactive ketones (excluding diaryl/α,β-unsaturated/α-hetero) is 1. The zero-order chi connectivity index (χ0) is 27.8. The van der Waals surface area contributed by atoms with Crippen LogP contribution in [0.3, 0.4) is 0 Å². The third-order valence-electron chi connectivity index (χ3n) is 2.27. The molecule has 0 aliphatic carbocycles. The van der Waals surface area contributed by atoms with Crippen LogP contribution in [0.5, 0.6) is 0 Å². The number of carbonyl (C=O) groups is 4. The predicted octanol–water partition coefficient (Wildman–Crippen LogP) is 3.06. The van der Waals surface area contributed by atoms with E-state index >= 15 is 0 Å². The largest absolute Gasteiger partial charge is 0.426 e. The molecule has 1 aromatic heterocycles. The highest BCUT2D eigenvalue weighted by Gasteiger charge is 1.95. The number of nitrogens with zero attached hydrogens (tertiary/aromatic N) is 2. The molecule has 1 aromatic rings. The summed E-state index contributed by atoms with van der Waals surface area (Å²) in [5, 5.41) is 7.39. The Labute approximate surface area is 233 Å². The van der Waals surface area contributed by atoms with Crippen molar-refractivity contribution >= 4 is 48.7 Å². The Balaban J connectivity index is -0.0000000303. The molecule has 1 heterocycles. The third-order valence-corrected chi connectivity index (χ3v) is 2.27. The van der Waals surface area contributed by atoms with Crippen LogP contribution in [0.4, 0.5) is 0 Å². The Kier molecular flexibility index (Phi) is 103. The van der Waals surface area contributed by atoms with Crippen LogP contribution >= 0.6 is 0 Å². The number of hydrazine groups is 2. The van der Waals surface area contributed by atoms with Gasteiger partial charge >= 0.3 is 0 Å². The minimum absolute atomic E-state index is 0. The van der Waals surface area contributed by atoms with Crippen LogP contribution < -0.4 is 22.1 Å². The standard InChI is InChI=1S/C5H10N2O2.C5H8N2O.C4H8O.C2H6N2O.3C2H6.CH4.3B/c1-3-5(9)7-6-4(2)8;1-3-5-7-6-4(2)8-5;1-3-4(2)5;1-2(5)4-3;3*1-2;;;;/h3H2,1-2H3,(H,6,8)(H,7,9);3H2,1-2H3;3H2,1-2H3;3H2,1H3,(H,4,5);3*1-2H3;1H4;;;. The van der Waals surface area contributed by atoms with Gasteiger partial charge in [-0.2, -0.15) is 0 Å². The van der Waals surface area contributed by atoms with E-state index in [-0.39, 0.29) is 56.2 Å². The van der Waals surface area contributed by atoms with Crippen LogP contribution in [0.25, 0.3) is 0 Å². The Hall–Kier alpha value is -2.63. The summed E-state index contributed by atoms with van der Waals surface area (Å²) in [6.07, 6.45) is 1.86. The molecule has 11 nitrogen and oxygen atoms in total. The minimum Gasteiger partial charge on any atom is -0.426 e. The van der Waals surface area contributed by atoms with Gasteiger partial charge in [-0.1, -0.05) is 69.7 Å². The van der Waals surface area contributed by atoms with Gasteiger partial charge in [0, 0.05) is 65.3 Å². The lowest BCUT2D eigenvalue weighted by molar-refractivity contribution is -0.127. The van der Waals surface area contributed by atoms with Crippen LogP contribution in [0, 0.1) is 6.92 Å². The van der Waals surface area contributed by atoms with Gasteiger partial charge in [0.25, 0.3) is 0 Å². The number of nitrogens with two attached hydrogens (primary N) is 1. The molecule has 0 fully saturated rings. The van der Waals surface area contributed by atoms with Crippen molar-refractivity contribution < 1.29 is 23.6 Å². The summed E-state index contributed by atoms with van der Waals surface area (Å²) in [5.74, 6) is 5.50. The Bertz CT molecular complexity index is 565. The van der Waals surface area contributed by atoms with Crippen molar-refractivity contribution in [2.45, 2.75) is 117 Å². The molecule has 0 saturated carbocycles. The molecule has 0 spiro atoms. The molecule has 1 rings (SSSR count). The average molecular weight is 527 g/mol. The molecule has 9 radical (unpaired) electrons. The van der Waals surface area contributed by atoms with E-state index in [0.29, 0.717) is 24.6 Å². The molecule has 0 bridgehead atoms. The normalized spacial score (nSPS) is 6.54. The lowest BCUT2D eigenvalue weighted by Gasteiger charge is -2.00. The van der Waals surface area contributed by atoms with Crippen LogP contribution in [0.2, 0.25) is 0 Å². The van der Waals surface area contributed by atoms with Gasteiger partial charge in [-0.3, -0.25) is 30.7 Å². The summed E-state index contributed by atoms with van der Waals surface area (Å²) in [4.78, 5) is 39.9. The number of aryl methyl sites for hydroxylation is 2. The molecule has 0 aromatic carbocycles. The second kappa shape index (κ2) is 58.9. The van der Waals surface area contributed by atoms with Crippen LogP contribution in [-0.2, 0) is 25.6 Å². The van der Waals surface area contributed by atoms with Gasteiger partial charge in [-0.15, -0.1) is 10.2 Å². The number of aromatic nitrogens is 2. The minimum atomic E-state index is -0.267. The SMILES string of the molecule is C.CC.CC.CC.CC(=O)NN.CCC(=O)NNC(C)=O.CCC(C)=O.CCc1nnc(C)o1.[B].[B].[B]. The van der Waals surface area contributed by atoms with E-state index in [9.17, 15) is 19.2 Å². The molecule has 5 N–H and O–H groups in total. The Morgan fingerprint density at radius 1 is 0.757 bits per heavy atom. The van der Waals surface area contributed by atoms with E-state index in [1.165, 1.54) is 13.8 Å². The molecule has 215 valence electrons. The number of rotatable bonds is 3. The van der Waals surface area contributed by atoms with Crippen molar-refractivity contribution in [2.75, 3.05) is 0 Å². The average Bonchev–Trinajstić information content (AvgIpc) is 3.27. The van der Waals surface area contributed by atoms with Crippen molar-refractivity contribution in [2.24, 2.45) is 5.84 Å². The Morgan fingerprint density at radius 2 is 1.11 bits per heavy atom. The molecule has 0 aliphatic heterocycles. The van der Waals surface area contributed by atoms with Gasteiger partial charge in [-0.05, 0) is 6.92 Å². The highest BCUT2D eigenvalue weighted by atomic mass is 16.4. The van der Waals surface area contributed by atoms with Crippen molar-refractivity contribution in [3.8, 4) is 0 Å². The fourth-order valence-corrected chi connectivity index (χ4v) is 0.726. The lowest BCUT2D eigenvalue weighted by atomic mass is 10.4. The van der Waals surface area contributed by atoms with Gasteiger partial charge in [-0.25, -0.2) is 5.84 Å². The number of hydrogen-bond donors (Lipinski definition) is 4. The van der Waals surface area contributed by atoms with Gasteiger partial charge < -0.3 is 9.21 Å². The number of ketones is 1. The quantitative estimate of drug-likeness (QED) is 0.201. The fraction of sp³-hybridized carbons (Fsp3) is 0.739. The topological polar surface area (TPSA) is 169 Å². The molecular formula is C23H54B3N6O5. The molecule has 0 unspecified atom stereocenters. The number of hydrogen-bond acceptors (Lipinski definition) is 8. The maximum absolute atomic E-state index is 10.4. The van der Waals surface area contributed by atoms with Crippen molar-refractivity contribution in [3.63, 3.8) is 0 Å². The van der Waals surface area contributed by atoms with Gasteiger partial charge in [0.05, 0.1) is 0 Å². The second-order valence-corrected chi connectivity index (χ2v) is 4.91. The van der Waals surface area contributed by atoms with Crippen LogP contribution in [0.15, 0.2) is 4.42 Å². The third kappa shape index (κ3) is 87.5. The molecule has 14 heteroatoms. The molecule has 3 amide bonds. The molecule has 0 saturated heterocycles. The predicted molar refractivity (Wildman–Crippen MR) is 158 cm³/mol. The van der Waals surface area contributed by atoms with Gasteiger partial charge in [0.1, 0.15) is 5.78 Å². The first-order valence-corrected chi connectivity index (χ1v) is 11.3. The smallest absolute Gasteiger partial charge is 0.238 e. The van der Waals surface area contributed by atoms with E-state index in [1.54, 1.807) is 20.8 Å². The first kappa shape index (κ1) is 64.4. The van der Waals surface area contributed by atoms with E-state index in [4.69, 9.17) is 4.42 Å². The van der Waals surface area contributed by atoms with Crippen molar-refractivity contribution in [3.05, 3.63) is 11.8 Å². The van der Waals surface area contributed by atoms with Gasteiger partial charge in [0.15, 0.2) is 0 Å². The molecule has 37 heavy (non-hydrogen) atoms. The fourth-order valence-electron chi connectivity index (χ4n) is 0.726. The second-order valence-electron chi connectivity index (χ2n) is 4.91. The maximum atomic E-state index is 10.4. The number of nitrogens with one attached hydrogen (secondary N) is 3. The van der Waals surface area contributed by atoms with Crippen LogP contribution in [0.1, 0.15) is 115 Å². The highest BCUT2D eigenvalue weighted by molar-refractivity contribution is 5.80. The molecule has 0 atom stereocenters. The zero-order valence-electron chi connectivity index (χ0n) is 24.9. The number of amides is 3. The summed E-state index contributed by atoms with van der Waals surface area (Å²) in [5.41, 5.74) is 6.24. The van der Waals surface area contributed by atoms with E-state index in [0.717, 1.165) is 6.42 Å². The van der Waals surface area contributed by atoms with Crippen molar-refractivity contribution in [1.82, 2.24) is 26.5 Å². The van der Waals surface area contributed by atoms with Crippen molar-refractivity contribution in [1.29, 1.82) is 0 Å². The van der Waals surface area contributed by atoms with E-state index in [1.807, 2.05) is 60.8 Å². The first-order valence-electron chi connectivity index (χ1n) is 11.3. The van der Waals surface area contributed by atoms with E-state index < -0.39 is 0 Å². The lowest BCUT2D eigenvalue weighted by Crippen LogP contribution is -2.39. The van der Waals surface area contributed by atoms with E-state index in [2.05, 4.69) is 26.9 Å². The summed E-state index contributed by atoms with van der Waals surface area (Å²) in [7, 11) is 0. The molecular weight excluding hydrogens is 473 g/mol. The highest BCUT2D eigenvalue weighted by Crippen LogP contribution is 1.96. The maximum Gasteiger partial charge on any atom is 0.238 e. The van der Waals surface area contributed by atoms with Gasteiger partial charge in [0.2, 0.25) is 29.5 Å². The summed E-state index contributed by atoms with van der Waals surface area (Å²) >= 11 is 0. The van der Waals surface area contributed by atoms with Crippen LogP contribution in [-0.4, -0.2) is 58.9 Å². The first-order chi connectivity index (χ1) is 15.5. The molecule has 0 aliphatic rings. The number of carbonyl (C=O) groups excluding carboxylic acids is 4. The summed E-state index contributed by atoms with van der Waals surface area (Å²) < 4.78 is 5.01. The summed E-state index contributed by atoms with van der Waals surface area (Å²) in [6.45, 7) is 23.6. The summed E-state index contributed by atoms with van der Waals surface area (Å²) in [6, 6.07) is 0. The zero-order valence-corrected chi connectivity index (χ0v) is 24.9.